The van der Waals surface area contributed by atoms with Gasteiger partial charge in [-0.15, -0.1) is 6.58 Å². The Balaban J connectivity index is 2.67. The molecule has 15 heavy (non-hydrogen) atoms. The standard InChI is InChI=1S/C11H16N2O2/c1-4-11(2,10(14)15)7-5-9-6-8-12-13(9)3/h4,6,8H,1,5,7H2,2-3H3,(H,14,15). The first-order valence-corrected chi connectivity index (χ1v) is 4.83. The number of hydrogen-bond donors (Lipinski definition) is 1. The number of aromatic nitrogens is 2. The lowest BCUT2D eigenvalue weighted by molar-refractivity contribution is -0.145. The summed E-state index contributed by atoms with van der Waals surface area (Å²) in [6.45, 7) is 5.25. The molecule has 0 aromatic carbocycles. The summed E-state index contributed by atoms with van der Waals surface area (Å²) in [6, 6.07) is 1.89. The van der Waals surface area contributed by atoms with E-state index in [-0.39, 0.29) is 0 Å². The minimum absolute atomic E-state index is 0.533. The summed E-state index contributed by atoms with van der Waals surface area (Å²) in [5.74, 6) is -0.834. The Labute approximate surface area is 89.2 Å². The quantitative estimate of drug-likeness (QED) is 0.748. The van der Waals surface area contributed by atoms with E-state index in [1.54, 1.807) is 17.8 Å². The Morgan fingerprint density at radius 3 is 2.87 bits per heavy atom. The molecule has 1 heterocycles. The fourth-order valence-electron chi connectivity index (χ4n) is 1.33. The van der Waals surface area contributed by atoms with Crippen molar-refractivity contribution in [3.63, 3.8) is 0 Å². The van der Waals surface area contributed by atoms with E-state index in [1.165, 1.54) is 6.08 Å². The third kappa shape index (κ3) is 2.46. The molecule has 0 aliphatic heterocycles. The Morgan fingerprint density at radius 2 is 2.47 bits per heavy atom. The van der Waals surface area contributed by atoms with Crippen LogP contribution in [0.25, 0.3) is 0 Å². The van der Waals surface area contributed by atoms with Gasteiger partial charge in [-0.3, -0.25) is 9.48 Å². The van der Waals surface area contributed by atoms with Crippen LogP contribution in [-0.4, -0.2) is 20.9 Å². The number of hydrogen-bond acceptors (Lipinski definition) is 2. The molecule has 82 valence electrons. The molecule has 4 heteroatoms. The van der Waals surface area contributed by atoms with Gasteiger partial charge in [0, 0.05) is 18.9 Å². The van der Waals surface area contributed by atoms with Gasteiger partial charge in [0.15, 0.2) is 0 Å². The van der Waals surface area contributed by atoms with E-state index in [0.717, 1.165) is 5.69 Å². The lowest BCUT2D eigenvalue weighted by Gasteiger charge is -2.19. The average molecular weight is 208 g/mol. The highest BCUT2D eigenvalue weighted by Crippen LogP contribution is 2.25. The Morgan fingerprint density at radius 1 is 1.80 bits per heavy atom. The van der Waals surface area contributed by atoms with Gasteiger partial charge in [-0.25, -0.2) is 0 Å². The van der Waals surface area contributed by atoms with Crippen molar-refractivity contribution in [2.75, 3.05) is 0 Å². The smallest absolute Gasteiger partial charge is 0.313 e. The summed E-state index contributed by atoms with van der Waals surface area (Å²) in [7, 11) is 1.85. The van der Waals surface area contributed by atoms with Gasteiger partial charge in [0.1, 0.15) is 0 Å². The van der Waals surface area contributed by atoms with Crippen LogP contribution in [0.4, 0.5) is 0 Å². The summed E-state index contributed by atoms with van der Waals surface area (Å²) in [5.41, 5.74) is 0.175. The molecule has 4 nitrogen and oxygen atoms in total. The van der Waals surface area contributed by atoms with E-state index in [1.807, 2.05) is 13.1 Å². The van der Waals surface area contributed by atoms with Crippen molar-refractivity contribution < 1.29 is 9.90 Å². The molecule has 1 unspecified atom stereocenters. The summed E-state index contributed by atoms with van der Waals surface area (Å²) >= 11 is 0. The van der Waals surface area contributed by atoms with Gasteiger partial charge in [-0.05, 0) is 25.8 Å². The van der Waals surface area contributed by atoms with E-state index in [2.05, 4.69) is 11.7 Å². The average Bonchev–Trinajstić information content (AvgIpc) is 2.60. The van der Waals surface area contributed by atoms with Gasteiger partial charge in [-0.1, -0.05) is 6.08 Å². The molecule has 0 fully saturated rings. The summed E-state index contributed by atoms with van der Waals surface area (Å²) in [6.07, 6.45) is 4.42. The maximum absolute atomic E-state index is 11.0. The number of aliphatic carboxylic acids is 1. The number of carboxylic acids is 1. The van der Waals surface area contributed by atoms with Gasteiger partial charge in [0.25, 0.3) is 0 Å². The highest BCUT2D eigenvalue weighted by Gasteiger charge is 2.29. The van der Waals surface area contributed by atoms with Crippen molar-refractivity contribution in [1.29, 1.82) is 0 Å². The van der Waals surface area contributed by atoms with Crippen LogP contribution in [0.3, 0.4) is 0 Å². The third-order valence-electron chi connectivity index (χ3n) is 2.76. The second-order valence-electron chi connectivity index (χ2n) is 3.87. The fourth-order valence-corrected chi connectivity index (χ4v) is 1.33. The number of rotatable bonds is 5. The van der Waals surface area contributed by atoms with Crippen LogP contribution in [-0.2, 0) is 18.3 Å². The molecule has 0 saturated heterocycles. The fraction of sp³-hybridized carbons (Fsp3) is 0.455. The Kier molecular flexibility index (Phi) is 3.29. The van der Waals surface area contributed by atoms with Crippen LogP contribution >= 0.6 is 0 Å². The predicted molar refractivity (Wildman–Crippen MR) is 57.5 cm³/mol. The predicted octanol–water partition coefficient (Wildman–Crippen LogP) is 1.63. The lowest BCUT2D eigenvalue weighted by atomic mass is 9.85. The van der Waals surface area contributed by atoms with Crippen LogP contribution in [0.1, 0.15) is 19.0 Å². The molecule has 1 aromatic heterocycles. The summed E-state index contributed by atoms with van der Waals surface area (Å²) in [5, 5.41) is 13.1. The van der Waals surface area contributed by atoms with Crippen molar-refractivity contribution >= 4 is 5.97 Å². The van der Waals surface area contributed by atoms with E-state index >= 15 is 0 Å². The molecule has 0 saturated carbocycles. The molecule has 0 amide bonds. The van der Waals surface area contributed by atoms with Crippen molar-refractivity contribution in [2.45, 2.75) is 19.8 Å². The first-order valence-electron chi connectivity index (χ1n) is 4.83. The zero-order chi connectivity index (χ0) is 11.5. The second-order valence-corrected chi connectivity index (χ2v) is 3.87. The van der Waals surface area contributed by atoms with E-state index in [9.17, 15) is 4.79 Å². The number of nitrogens with zero attached hydrogens (tertiary/aromatic N) is 2. The molecule has 0 aliphatic rings. The van der Waals surface area contributed by atoms with E-state index in [0.29, 0.717) is 12.8 Å². The normalized spacial score (nSPS) is 14.5. The molecule has 1 aromatic rings. The minimum atomic E-state index is -0.857. The minimum Gasteiger partial charge on any atom is -0.481 e. The SMILES string of the molecule is C=CC(C)(CCc1ccnn1C)C(=O)O. The maximum Gasteiger partial charge on any atom is 0.313 e. The summed E-state index contributed by atoms with van der Waals surface area (Å²) < 4.78 is 1.76. The zero-order valence-corrected chi connectivity index (χ0v) is 9.10. The largest absolute Gasteiger partial charge is 0.481 e. The first-order chi connectivity index (χ1) is 6.99. The van der Waals surface area contributed by atoms with Crippen LogP contribution in [0.15, 0.2) is 24.9 Å². The van der Waals surface area contributed by atoms with Crippen molar-refractivity contribution in [3.8, 4) is 0 Å². The highest BCUT2D eigenvalue weighted by molar-refractivity contribution is 5.76. The molecule has 1 rings (SSSR count). The Bertz CT molecular complexity index is 370. The highest BCUT2D eigenvalue weighted by atomic mass is 16.4. The van der Waals surface area contributed by atoms with Gasteiger partial charge in [0.2, 0.25) is 0 Å². The third-order valence-corrected chi connectivity index (χ3v) is 2.76. The van der Waals surface area contributed by atoms with E-state index < -0.39 is 11.4 Å². The monoisotopic (exact) mass is 208 g/mol. The first kappa shape index (κ1) is 11.5. The topological polar surface area (TPSA) is 55.1 Å². The Hall–Kier alpha value is -1.58. The van der Waals surface area contributed by atoms with Crippen molar-refractivity contribution in [3.05, 3.63) is 30.6 Å². The molecule has 1 N–H and O–H groups in total. The second kappa shape index (κ2) is 4.29. The molecular weight excluding hydrogens is 192 g/mol. The molecule has 0 spiro atoms. The van der Waals surface area contributed by atoms with Crippen molar-refractivity contribution in [2.24, 2.45) is 12.5 Å². The zero-order valence-electron chi connectivity index (χ0n) is 9.10. The summed E-state index contributed by atoms with van der Waals surface area (Å²) in [4.78, 5) is 11.0. The van der Waals surface area contributed by atoms with Crippen LogP contribution in [0.2, 0.25) is 0 Å². The van der Waals surface area contributed by atoms with Crippen molar-refractivity contribution in [1.82, 2.24) is 9.78 Å². The molecule has 0 aliphatic carbocycles. The molecule has 0 bridgehead atoms. The van der Waals surface area contributed by atoms with Crippen LogP contribution in [0, 0.1) is 5.41 Å². The van der Waals surface area contributed by atoms with Gasteiger partial charge in [0.05, 0.1) is 5.41 Å². The maximum atomic E-state index is 11.0. The molecular formula is C11H16N2O2. The number of carbonyl (C=O) groups is 1. The van der Waals surface area contributed by atoms with E-state index in [4.69, 9.17) is 5.11 Å². The van der Waals surface area contributed by atoms with Gasteiger partial charge in [-0.2, -0.15) is 5.10 Å². The van der Waals surface area contributed by atoms with Crippen LogP contribution in [0.5, 0.6) is 0 Å². The van der Waals surface area contributed by atoms with Gasteiger partial charge >= 0.3 is 5.97 Å². The number of carboxylic acid groups (broad SMARTS) is 1. The van der Waals surface area contributed by atoms with Gasteiger partial charge < -0.3 is 5.11 Å². The van der Waals surface area contributed by atoms with Crippen LogP contribution < -0.4 is 0 Å². The lowest BCUT2D eigenvalue weighted by Crippen LogP contribution is -2.25. The molecule has 1 atom stereocenters. The molecule has 0 radical (unpaired) electrons. The number of aryl methyl sites for hydroxylation is 2.